The molecule has 17 heavy (non-hydrogen) atoms. The largest absolute Gasteiger partial charge is 0.367 e. The third-order valence-corrected chi connectivity index (χ3v) is 2.50. The fourth-order valence-corrected chi connectivity index (χ4v) is 1.65. The van der Waals surface area contributed by atoms with E-state index in [0.29, 0.717) is 18.7 Å². The van der Waals surface area contributed by atoms with Crippen molar-refractivity contribution in [1.29, 1.82) is 0 Å². The zero-order valence-electron chi connectivity index (χ0n) is 9.22. The average molecular weight is 231 g/mol. The van der Waals surface area contributed by atoms with E-state index < -0.39 is 0 Å². The van der Waals surface area contributed by atoms with Crippen LogP contribution in [0.2, 0.25) is 0 Å². The van der Waals surface area contributed by atoms with Crippen molar-refractivity contribution >= 4 is 5.69 Å². The molecule has 2 aromatic rings. The zero-order valence-corrected chi connectivity index (χ0v) is 9.22. The maximum Gasteiger partial charge on any atom is 0.273 e. The number of benzene rings is 1. The van der Waals surface area contributed by atoms with Crippen LogP contribution in [0.3, 0.4) is 0 Å². The van der Waals surface area contributed by atoms with Crippen LogP contribution in [0, 0.1) is 10.1 Å². The fraction of sp³-hybridized carbons (Fsp3) is 0.167. The van der Waals surface area contributed by atoms with Crippen LogP contribution in [-0.2, 0) is 13.1 Å². The van der Waals surface area contributed by atoms with Crippen LogP contribution in [0.5, 0.6) is 0 Å². The molecule has 0 unspecified atom stereocenters. The summed E-state index contributed by atoms with van der Waals surface area (Å²) in [6.45, 7) is 1.18. The molecular weight excluding hydrogens is 218 g/mol. The number of hydrogen-bond donors (Lipinski definition) is 2. The molecular formula is C12H13N3O2. The smallest absolute Gasteiger partial charge is 0.273 e. The first-order valence-electron chi connectivity index (χ1n) is 5.32. The fourth-order valence-electron chi connectivity index (χ4n) is 1.65. The highest BCUT2D eigenvalue weighted by Gasteiger charge is 2.11. The minimum Gasteiger partial charge on any atom is -0.367 e. The summed E-state index contributed by atoms with van der Waals surface area (Å²) in [5.74, 6) is 0. The highest BCUT2D eigenvalue weighted by molar-refractivity contribution is 5.39. The van der Waals surface area contributed by atoms with Gasteiger partial charge in [0, 0.05) is 37.1 Å². The monoisotopic (exact) mass is 231 g/mol. The van der Waals surface area contributed by atoms with Gasteiger partial charge in [-0.3, -0.25) is 10.1 Å². The Bertz CT molecular complexity index is 494. The van der Waals surface area contributed by atoms with Crippen LogP contribution in [0.25, 0.3) is 0 Å². The molecule has 5 nitrogen and oxygen atoms in total. The molecule has 1 heterocycles. The molecule has 0 amide bonds. The van der Waals surface area contributed by atoms with Gasteiger partial charge in [-0.15, -0.1) is 0 Å². The van der Waals surface area contributed by atoms with Gasteiger partial charge in [0.25, 0.3) is 5.69 Å². The molecule has 0 saturated carbocycles. The molecule has 0 aliphatic carbocycles. The third-order valence-electron chi connectivity index (χ3n) is 2.50. The van der Waals surface area contributed by atoms with Crippen LogP contribution in [0.15, 0.2) is 42.7 Å². The first-order valence-corrected chi connectivity index (χ1v) is 5.32. The van der Waals surface area contributed by atoms with Crippen molar-refractivity contribution in [3.63, 3.8) is 0 Å². The maximum absolute atomic E-state index is 10.8. The van der Waals surface area contributed by atoms with Crippen LogP contribution >= 0.6 is 0 Å². The Kier molecular flexibility index (Phi) is 3.52. The van der Waals surface area contributed by atoms with Crippen molar-refractivity contribution in [3.8, 4) is 0 Å². The van der Waals surface area contributed by atoms with E-state index >= 15 is 0 Å². The molecule has 0 fully saturated rings. The summed E-state index contributed by atoms with van der Waals surface area (Å²) in [7, 11) is 0. The Morgan fingerprint density at radius 1 is 1.24 bits per heavy atom. The summed E-state index contributed by atoms with van der Waals surface area (Å²) in [5, 5.41) is 14.0. The zero-order chi connectivity index (χ0) is 12.1. The molecule has 0 atom stereocenters. The van der Waals surface area contributed by atoms with Crippen LogP contribution in [0.4, 0.5) is 5.69 Å². The number of nitrogens with one attached hydrogen (secondary N) is 2. The average Bonchev–Trinajstić information content (AvgIpc) is 2.82. The minimum absolute atomic E-state index is 0.161. The minimum atomic E-state index is -0.354. The summed E-state index contributed by atoms with van der Waals surface area (Å²) in [6.07, 6.45) is 3.74. The summed E-state index contributed by atoms with van der Waals surface area (Å²) in [6, 6.07) is 8.73. The predicted molar refractivity (Wildman–Crippen MR) is 64.4 cm³/mol. The van der Waals surface area contributed by atoms with Crippen molar-refractivity contribution in [1.82, 2.24) is 10.3 Å². The van der Waals surface area contributed by atoms with E-state index in [0.717, 1.165) is 5.56 Å². The van der Waals surface area contributed by atoms with Gasteiger partial charge in [-0.2, -0.15) is 0 Å². The van der Waals surface area contributed by atoms with Gasteiger partial charge in [-0.1, -0.05) is 18.2 Å². The van der Waals surface area contributed by atoms with E-state index in [1.54, 1.807) is 18.2 Å². The van der Waals surface area contributed by atoms with Crippen LogP contribution < -0.4 is 5.32 Å². The second-order valence-electron chi connectivity index (χ2n) is 3.71. The number of nitro groups is 1. The Labute approximate surface area is 98.6 Å². The van der Waals surface area contributed by atoms with Gasteiger partial charge >= 0.3 is 0 Å². The summed E-state index contributed by atoms with van der Waals surface area (Å²) in [4.78, 5) is 13.4. The number of aromatic nitrogens is 1. The molecule has 2 rings (SSSR count). The second-order valence-corrected chi connectivity index (χ2v) is 3.71. The van der Waals surface area contributed by atoms with Crippen molar-refractivity contribution < 1.29 is 4.92 Å². The van der Waals surface area contributed by atoms with Gasteiger partial charge in [-0.05, 0) is 11.6 Å². The van der Waals surface area contributed by atoms with Crippen molar-refractivity contribution in [2.45, 2.75) is 13.1 Å². The van der Waals surface area contributed by atoms with E-state index in [1.165, 1.54) is 6.07 Å². The quantitative estimate of drug-likeness (QED) is 0.612. The SMILES string of the molecule is O=[N+]([O-])c1ccccc1CNCc1cc[nH]c1. The van der Waals surface area contributed by atoms with E-state index in [2.05, 4.69) is 10.3 Å². The molecule has 88 valence electrons. The lowest BCUT2D eigenvalue weighted by atomic mass is 10.2. The molecule has 0 bridgehead atoms. The van der Waals surface area contributed by atoms with Gasteiger partial charge in [-0.25, -0.2) is 0 Å². The lowest BCUT2D eigenvalue weighted by Gasteiger charge is -2.04. The van der Waals surface area contributed by atoms with Crippen molar-refractivity contribution in [3.05, 3.63) is 64.0 Å². The van der Waals surface area contributed by atoms with Crippen molar-refractivity contribution in [2.24, 2.45) is 0 Å². The summed E-state index contributed by atoms with van der Waals surface area (Å²) in [5.41, 5.74) is 1.99. The Balaban J connectivity index is 1.97. The molecule has 0 spiro atoms. The van der Waals surface area contributed by atoms with Gasteiger partial charge in [0.15, 0.2) is 0 Å². The predicted octanol–water partition coefficient (Wildman–Crippen LogP) is 2.21. The highest BCUT2D eigenvalue weighted by atomic mass is 16.6. The second kappa shape index (κ2) is 5.27. The number of aromatic amines is 1. The first kappa shape index (κ1) is 11.3. The molecule has 2 N–H and O–H groups in total. The van der Waals surface area contributed by atoms with E-state index in [-0.39, 0.29) is 10.6 Å². The summed E-state index contributed by atoms with van der Waals surface area (Å²) >= 11 is 0. The molecule has 1 aromatic heterocycles. The number of nitrogens with zero attached hydrogens (tertiary/aromatic N) is 1. The highest BCUT2D eigenvalue weighted by Crippen LogP contribution is 2.17. The van der Waals surface area contributed by atoms with Crippen LogP contribution in [-0.4, -0.2) is 9.91 Å². The van der Waals surface area contributed by atoms with Crippen molar-refractivity contribution in [2.75, 3.05) is 0 Å². The molecule has 1 aromatic carbocycles. The molecule has 0 aliphatic heterocycles. The Hall–Kier alpha value is -2.14. The lowest BCUT2D eigenvalue weighted by molar-refractivity contribution is -0.385. The first-order chi connectivity index (χ1) is 8.27. The van der Waals surface area contributed by atoms with Gasteiger partial charge in [0.2, 0.25) is 0 Å². The van der Waals surface area contributed by atoms with E-state index in [4.69, 9.17) is 0 Å². The molecule has 0 radical (unpaired) electrons. The number of H-pyrrole nitrogens is 1. The molecule has 0 aliphatic rings. The number of hydrogen-bond acceptors (Lipinski definition) is 3. The third kappa shape index (κ3) is 2.92. The van der Waals surface area contributed by atoms with E-state index in [9.17, 15) is 10.1 Å². The Morgan fingerprint density at radius 3 is 2.76 bits per heavy atom. The molecule has 0 saturated heterocycles. The number of rotatable bonds is 5. The summed E-state index contributed by atoms with van der Waals surface area (Å²) < 4.78 is 0. The standard InChI is InChI=1S/C12H13N3O2/c16-15(17)12-4-2-1-3-11(12)9-14-8-10-5-6-13-7-10/h1-7,13-14H,8-9H2. The van der Waals surface area contributed by atoms with Gasteiger partial charge in [0.1, 0.15) is 0 Å². The van der Waals surface area contributed by atoms with Crippen LogP contribution in [0.1, 0.15) is 11.1 Å². The normalized spacial score (nSPS) is 10.4. The van der Waals surface area contributed by atoms with Gasteiger partial charge < -0.3 is 10.3 Å². The lowest BCUT2D eigenvalue weighted by Crippen LogP contribution is -2.13. The maximum atomic E-state index is 10.8. The number of nitro benzene ring substituents is 1. The molecule has 5 heteroatoms. The topological polar surface area (TPSA) is 71.0 Å². The van der Waals surface area contributed by atoms with E-state index in [1.807, 2.05) is 18.5 Å². The van der Waals surface area contributed by atoms with Gasteiger partial charge in [0.05, 0.1) is 4.92 Å². The Morgan fingerprint density at radius 2 is 2.06 bits per heavy atom. The number of para-hydroxylation sites is 1.